The van der Waals surface area contributed by atoms with Gasteiger partial charge in [-0.15, -0.1) is 0 Å². The van der Waals surface area contributed by atoms with Crippen molar-refractivity contribution in [2.24, 2.45) is 5.92 Å². The summed E-state index contributed by atoms with van der Waals surface area (Å²) in [6.45, 7) is 1.87. The van der Waals surface area contributed by atoms with E-state index in [1.165, 1.54) is 7.11 Å². The highest BCUT2D eigenvalue weighted by atomic mass is 16.5. The van der Waals surface area contributed by atoms with Crippen molar-refractivity contribution in [1.29, 1.82) is 0 Å². The van der Waals surface area contributed by atoms with E-state index in [2.05, 4.69) is 10.6 Å². The number of methoxy groups -OCH3 is 1. The summed E-state index contributed by atoms with van der Waals surface area (Å²) in [6.07, 6.45) is 2.06. The van der Waals surface area contributed by atoms with Crippen LogP contribution in [0.5, 0.6) is 0 Å². The van der Waals surface area contributed by atoms with Crippen LogP contribution in [0.15, 0.2) is 0 Å². The average molecular weight is 244 g/mol. The number of hydrogen-bond donors (Lipinski definition) is 3. The molecule has 0 aromatic rings. The normalized spacial score (nSPS) is 21.8. The molecule has 1 unspecified atom stereocenters. The van der Waals surface area contributed by atoms with Crippen LogP contribution in [-0.4, -0.2) is 49.8 Å². The minimum atomic E-state index is -1.01. The molecule has 1 aliphatic heterocycles. The van der Waals surface area contributed by atoms with Gasteiger partial charge >= 0.3 is 5.97 Å². The van der Waals surface area contributed by atoms with E-state index in [1.54, 1.807) is 0 Å². The number of rotatable bonds is 6. The largest absolute Gasteiger partial charge is 0.480 e. The SMILES string of the molecule is COCCC(NC(=O)[C@H]1CCCNC1)C(=O)O. The van der Waals surface area contributed by atoms with Crippen LogP contribution in [0.2, 0.25) is 0 Å². The van der Waals surface area contributed by atoms with Gasteiger partial charge in [-0.05, 0) is 19.4 Å². The first kappa shape index (κ1) is 13.9. The lowest BCUT2D eigenvalue weighted by molar-refractivity contribution is -0.143. The Bertz CT molecular complexity index is 264. The summed E-state index contributed by atoms with van der Waals surface area (Å²) in [6, 6.07) is -0.857. The molecule has 1 saturated heterocycles. The fourth-order valence-electron chi connectivity index (χ4n) is 1.86. The van der Waals surface area contributed by atoms with Crippen molar-refractivity contribution in [3.05, 3.63) is 0 Å². The number of carbonyl (C=O) groups excluding carboxylic acids is 1. The summed E-state index contributed by atoms with van der Waals surface area (Å²) in [4.78, 5) is 22.8. The highest BCUT2D eigenvalue weighted by Crippen LogP contribution is 2.10. The molecule has 0 aromatic carbocycles. The Morgan fingerprint density at radius 3 is 2.88 bits per heavy atom. The van der Waals surface area contributed by atoms with Gasteiger partial charge in [0, 0.05) is 26.7 Å². The molecule has 1 amide bonds. The van der Waals surface area contributed by atoms with Crippen LogP contribution < -0.4 is 10.6 Å². The first-order valence-corrected chi connectivity index (χ1v) is 5.88. The molecule has 0 aliphatic carbocycles. The first-order chi connectivity index (χ1) is 8.15. The van der Waals surface area contributed by atoms with Crippen LogP contribution in [-0.2, 0) is 14.3 Å². The molecule has 17 heavy (non-hydrogen) atoms. The summed E-state index contributed by atoms with van der Waals surface area (Å²) >= 11 is 0. The Hall–Kier alpha value is -1.14. The molecule has 3 N–H and O–H groups in total. The van der Waals surface area contributed by atoms with E-state index in [-0.39, 0.29) is 18.2 Å². The lowest BCUT2D eigenvalue weighted by Crippen LogP contribution is -2.47. The van der Waals surface area contributed by atoms with Crippen molar-refractivity contribution in [1.82, 2.24) is 10.6 Å². The highest BCUT2D eigenvalue weighted by Gasteiger charge is 2.25. The van der Waals surface area contributed by atoms with E-state index in [4.69, 9.17) is 9.84 Å². The maximum absolute atomic E-state index is 11.8. The van der Waals surface area contributed by atoms with Crippen LogP contribution >= 0.6 is 0 Å². The van der Waals surface area contributed by atoms with E-state index in [1.807, 2.05) is 0 Å². The Labute approximate surface area is 101 Å². The predicted molar refractivity (Wildman–Crippen MR) is 61.7 cm³/mol. The second kappa shape index (κ2) is 7.24. The topological polar surface area (TPSA) is 87.7 Å². The zero-order valence-corrected chi connectivity index (χ0v) is 10.1. The molecule has 98 valence electrons. The zero-order chi connectivity index (χ0) is 12.7. The number of nitrogens with one attached hydrogen (secondary N) is 2. The molecule has 1 rings (SSSR count). The Kier molecular flexibility index (Phi) is 5.93. The smallest absolute Gasteiger partial charge is 0.326 e. The second-order valence-corrected chi connectivity index (χ2v) is 4.22. The van der Waals surface area contributed by atoms with Crippen LogP contribution in [0.25, 0.3) is 0 Å². The van der Waals surface area contributed by atoms with Gasteiger partial charge < -0.3 is 20.5 Å². The predicted octanol–water partition coefficient (Wildman–Crippen LogP) is -0.408. The minimum Gasteiger partial charge on any atom is -0.480 e. The molecule has 1 aliphatic rings. The van der Waals surface area contributed by atoms with Crippen molar-refractivity contribution < 1.29 is 19.4 Å². The van der Waals surface area contributed by atoms with E-state index < -0.39 is 12.0 Å². The van der Waals surface area contributed by atoms with Gasteiger partial charge in [-0.2, -0.15) is 0 Å². The van der Waals surface area contributed by atoms with Crippen molar-refractivity contribution in [2.75, 3.05) is 26.8 Å². The van der Waals surface area contributed by atoms with E-state index in [0.717, 1.165) is 19.4 Å². The van der Waals surface area contributed by atoms with Crippen LogP contribution in [0.3, 0.4) is 0 Å². The standard InChI is InChI=1S/C11H20N2O4/c1-17-6-4-9(11(15)16)13-10(14)8-3-2-5-12-7-8/h8-9,12H,2-7H2,1H3,(H,13,14)(H,15,16)/t8-,9?/m0/s1. The lowest BCUT2D eigenvalue weighted by atomic mass is 9.98. The zero-order valence-electron chi connectivity index (χ0n) is 10.1. The molecule has 0 aromatic heterocycles. The molecule has 1 heterocycles. The van der Waals surface area contributed by atoms with Crippen molar-refractivity contribution >= 4 is 11.9 Å². The number of hydrogen-bond acceptors (Lipinski definition) is 4. The number of amides is 1. The van der Waals surface area contributed by atoms with E-state index in [9.17, 15) is 9.59 Å². The maximum atomic E-state index is 11.8. The summed E-state index contributed by atoms with van der Waals surface area (Å²) in [5.74, 6) is -1.31. The maximum Gasteiger partial charge on any atom is 0.326 e. The number of ether oxygens (including phenoxy) is 1. The van der Waals surface area contributed by atoms with Crippen LogP contribution in [0.1, 0.15) is 19.3 Å². The summed E-state index contributed by atoms with van der Waals surface area (Å²) in [5.41, 5.74) is 0. The highest BCUT2D eigenvalue weighted by molar-refractivity contribution is 5.85. The van der Waals surface area contributed by atoms with Gasteiger partial charge in [-0.25, -0.2) is 4.79 Å². The number of carboxylic acid groups (broad SMARTS) is 1. The van der Waals surface area contributed by atoms with Gasteiger partial charge in [0.25, 0.3) is 0 Å². The van der Waals surface area contributed by atoms with Gasteiger partial charge in [0.1, 0.15) is 6.04 Å². The third kappa shape index (κ3) is 4.70. The number of carbonyl (C=O) groups is 2. The second-order valence-electron chi connectivity index (χ2n) is 4.22. The Morgan fingerprint density at radius 2 is 2.35 bits per heavy atom. The van der Waals surface area contributed by atoms with Crippen LogP contribution in [0.4, 0.5) is 0 Å². The number of carboxylic acids is 1. The molecule has 2 atom stereocenters. The van der Waals surface area contributed by atoms with Gasteiger partial charge in [0.15, 0.2) is 0 Å². The third-order valence-corrected chi connectivity index (χ3v) is 2.89. The molecule has 0 saturated carbocycles. The molecule has 0 bridgehead atoms. The quantitative estimate of drug-likeness (QED) is 0.591. The summed E-state index contributed by atoms with van der Waals surface area (Å²) < 4.78 is 4.82. The summed E-state index contributed by atoms with van der Waals surface area (Å²) in [7, 11) is 1.51. The van der Waals surface area contributed by atoms with Crippen LogP contribution in [0, 0.1) is 5.92 Å². The Balaban J connectivity index is 2.42. The number of piperidine rings is 1. The van der Waals surface area contributed by atoms with E-state index >= 15 is 0 Å². The fourth-order valence-corrected chi connectivity index (χ4v) is 1.86. The summed E-state index contributed by atoms with van der Waals surface area (Å²) in [5, 5.41) is 14.7. The molecule has 6 heteroatoms. The fraction of sp³-hybridized carbons (Fsp3) is 0.818. The molecular formula is C11H20N2O4. The van der Waals surface area contributed by atoms with E-state index in [0.29, 0.717) is 13.2 Å². The lowest BCUT2D eigenvalue weighted by Gasteiger charge is -2.23. The van der Waals surface area contributed by atoms with Gasteiger partial charge in [-0.1, -0.05) is 0 Å². The molecule has 0 radical (unpaired) electrons. The van der Waals surface area contributed by atoms with Crippen molar-refractivity contribution in [3.63, 3.8) is 0 Å². The minimum absolute atomic E-state index is 0.117. The average Bonchev–Trinajstić information content (AvgIpc) is 2.35. The molecule has 1 fully saturated rings. The van der Waals surface area contributed by atoms with Gasteiger partial charge in [-0.3, -0.25) is 4.79 Å². The van der Waals surface area contributed by atoms with Crippen molar-refractivity contribution in [3.8, 4) is 0 Å². The molecule has 0 spiro atoms. The first-order valence-electron chi connectivity index (χ1n) is 5.88. The van der Waals surface area contributed by atoms with Gasteiger partial charge in [0.2, 0.25) is 5.91 Å². The third-order valence-electron chi connectivity index (χ3n) is 2.89. The molecular weight excluding hydrogens is 224 g/mol. The van der Waals surface area contributed by atoms with Gasteiger partial charge in [0.05, 0.1) is 5.92 Å². The Morgan fingerprint density at radius 1 is 1.59 bits per heavy atom. The molecule has 6 nitrogen and oxygen atoms in total. The van der Waals surface area contributed by atoms with Crippen molar-refractivity contribution in [2.45, 2.75) is 25.3 Å². The number of aliphatic carboxylic acids is 1. The monoisotopic (exact) mass is 244 g/mol.